The molecule has 0 unspecified atom stereocenters. The molecule has 5 heterocycles. The Morgan fingerprint density at radius 1 is 1.00 bits per heavy atom. The van der Waals surface area contributed by atoms with E-state index in [1.165, 1.54) is 0 Å². The van der Waals surface area contributed by atoms with E-state index in [0.29, 0.717) is 25.0 Å². The van der Waals surface area contributed by atoms with Crippen LogP contribution in [0, 0.1) is 13.8 Å². The zero-order valence-electron chi connectivity index (χ0n) is 19.6. The van der Waals surface area contributed by atoms with Crippen LogP contribution in [-0.4, -0.2) is 70.4 Å². The van der Waals surface area contributed by atoms with Gasteiger partial charge in [-0.15, -0.1) is 0 Å². The van der Waals surface area contributed by atoms with Crippen LogP contribution in [0.1, 0.15) is 24.2 Å². The maximum atomic E-state index is 6.03. The summed E-state index contributed by atoms with van der Waals surface area (Å²) in [7, 11) is 0. The van der Waals surface area contributed by atoms with Crippen LogP contribution in [0.3, 0.4) is 0 Å². The molecule has 0 aromatic carbocycles. The van der Waals surface area contributed by atoms with Crippen LogP contribution in [0.15, 0.2) is 30.7 Å². The Morgan fingerprint density at radius 3 is 2.47 bits per heavy atom. The average Bonchev–Trinajstić information content (AvgIpc) is 2.88. The minimum atomic E-state index is 0.215. The van der Waals surface area contributed by atoms with Gasteiger partial charge in [0, 0.05) is 42.7 Å². The molecule has 178 valence electrons. The molecule has 0 spiro atoms. The third-order valence-electron chi connectivity index (χ3n) is 6.05. The van der Waals surface area contributed by atoms with Crippen molar-refractivity contribution in [3.05, 3.63) is 42.1 Å². The molecule has 5 rings (SSSR count). The number of ether oxygens (including phenoxy) is 2. The van der Waals surface area contributed by atoms with Gasteiger partial charge in [-0.2, -0.15) is 4.98 Å². The van der Waals surface area contributed by atoms with Crippen LogP contribution >= 0.6 is 0 Å². The molecule has 2 aliphatic heterocycles. The number of hydrogen-bond acceptors (Lipinski definition) is 10. The lowest BCUT2D eigenvalue weighted by Gasteiger charge is -2.28. The number of morpholine rings is 1. The summed E-state index contributed by atoms with van der Waals surface area (Å²) in [5.41, 5.74) is 3.41. The number of nitrogens with one attached hydrogen (secondary N) is 2. The van der Waals surface area contributed by atoms with Crippen molar-refractivity contribution in [3.63, 3.8) is 0 Å². The third kappa shape index (κ3) is 5.23. The Morgan fingerprint density at radius 2 is 1.76 bits per heavy atom. The molecule has 3 aromatic rings. The average molecular weight is 463 g/mol. The summed E-state index contributed by atoms with van der Waals surface area (Å²) in [5.74, 6) is 2.75. The Hall–Kier alpha value is -3.37. The largest absolute Gasteiger partial charge is 0.474 e. The molecule has 2 N–H and O–H groups in total. The molecular formula is C24H30N8O2. The molecule has 2 fully saturated rings. The summed E-state index contributed by atoms with van der Waals surface area (Å²) in [6, 6.07) is 3.87. The van der Waals surface area contributed by atoms with E-state index >= 15 is 0 Å². The molecule has 0 amide bonds. The number of nitrogens with zero attached hydrogens (tertiary/aromatic N) is 6. The molecule has 0 atom stereocenters. The van der Waals surface area contributed by atoms with Crippen molar-refractivity contribution in [2.24, 2.45) is 0 Å². The van der Waals surface area contributed by atoms with Crippen molar-refractivity contribution in [3.8, 4) is 17.1 Å². The Bertz CT molecular complexity index is 1100. The number of aromatic nitrogens is 5. The predicted octanol–water partition coefficient (Wildman–Crippen LogP) is 2.66. The Balaban J connectivity index is 1.41. The normalized spacial score (nSPS) is 16.9. The highest BCUT2D eigenvalue weighted by Crippen LogP contribution is 2.30. The highest BCUT2D eigenvalue weighted by Gasteiger charge is 2.20. The standard InChI is InChI=1S/C24H30N8O2/c1-16-22(18-13-26-17(2)27-14-18)30-24(32-9-11-33-12-10-32)31-23(16)29-19-3-4-21(28-15-19)34-20-5-7-25-8-6-20/h3-4,13-15,20,25H,5-12H2,1-2H3,(H,29,30,31). The lowest BCUT2D eigenvalue weighted by molar-refractivity contribution is 0.122. The molecule has 2 aliphatic rings. The lowest BCUT2D eigenvalue weighted by atomic mass is 10.1. The molecular weight excluding hydrogens is 432 g/mol. The van der Waals surface area contributed by atoms with E-state index < -0.39 is 0 Å². The smallest absolute Gasteiger partial charge is 0.228 e. The molecule has 34 heavy (non-hydrogen) atoms. The fourth-order valence-corrected chi connectivity index (χ4v) is 4.07. The monoisotopic (exact) mass is 462 g/mol. The number of pyridine rings is 1. The molecule has 0 radical (unpaired) electrons. The van der Waals surface area contributed by atoms with Crippen molar-refractivity contribution in [2.45, 2.75) is 32.8 Å². The van der Waals surface area contributed by atoms with E-state index in [2.05, 4.69) is 30.5 Å². The predicted molar refractivity (Wildman–Crippen MR) is 130 cm³/mol. The van der Waals surface area contributed by atoms with Crippen LogP contribution in [0.25, 0.3) is 11.3 Å². The maximum absolute atomic E-state index is 6.03. The van der Waals surface area contributed by atoms with E-state index in [9.17, 15) is 0 Å². The number of piperidine rings is 1. The third-order valence-corrected chi connectivity index (χ3v) is 6.05. The first-order valence-corrected chi connectivity index (χ1v) is 11.8. The fraction of sp³-hybridized carbons (Fsp3) is 0.458. The molecule has 10 heteroatoms. The second-order valence-electron chi connectivity index (χ2n) is 8.54. The van der Waals surface area contributed by atoms with Gasteiger partial charge in [0.05, 0.1) is 30.8 Å². The van der Waals surface area contributed by atoms with Gasteiger partial charge in [0.1, 0.15) is 17.7 Å². The molecule has 10 nitrogen and oxygen atoms in total. The van der Waals surface area contributed by atoms with Gasteiger partial charge in [0.15, 0.2) is 0 Å². The van der Waals surface area contributed by atoms with Crippen molar-refractivity contribution < 1.29 is 9.47 Å². The first-order chi connectivity index (χ1) is 16.7. The summed E-state index contributed by atoms with van der Waals surface area (Å²) in [5, 5.41) is 6.77. The SMILES string of the molecule is Cc1ncc(-c2nc(N3CCOCC3)nc(Nc3ccc(OC4CCNCC4)nc3)c2C)cn1. The van der Waals surface area contributed by atoms with Gasteiger partial charge in [0.2, 0.25) is 11.8 Å². The minimum Gasteiger partial charge on any atom is -0.474 e. The van der Waals surface area contributed by atoms with Gasteiger partial charge in [-0.25, -0.2) is 19.9 Å². The lowest BCUT2D eigenvalue weighted by Crippen LogP contribution is -2.37. The van der Waals surface area contributed by atoms with E-state index in [-0.39, 0.29) is 6.10 Å². The molecule has 3 aromatic heterocycles. The van der Waals surface area contributed by atoms with Gasteiger partial charge < -0.3 is 25.0 Å². The molecule has 0 aliphatic carbocycles. The van der Waals surface area contributed by atoms with E-state index in [1.54, 1.807) is 18.6 Å². The summed E-state index contributed by atoms with van der Waals surface area (Å²) in [6.07, 6.45) is 7.60. The maximum Gasteiger partial charge on any atom is 0.228 e. The van der Waals surface area contributed by atoms with Crippen molar-refractivity contribution >= 4 is 17.5 Å². The Kier molecular flexibility index (Phi) is 6.77. The zero-order chi connectivity index (χ0) is 23.3. The van der Waals surface area contributed by atoms with Gasteiger partial charge in [0.25, 0.3) is 0 Å². The molecule has 0 bridgehead atoms. The van der Waals surface area contributed by atoms with E-state index in [4.69, 9.17) is 19.4 Å². The van der Waals surface area contributed by atoms with Crippen molar-refractivity contribution in [2.75, 3.05) is 49.6 Å². The topological polar surface area (TPSA) is 110 Å². The first-order valence-electron chi connectivity index (χ1n) is 11.8. The van der Waals surface area contributed by atoms with Gasteiger partial charge >= 0.3 is 0 Å². The number of anilines is 3. The second kappa shape index (κ2) is 10.3. The first kappa shape index (κ1) is 22.4. The van der Waals surface area contributed by atoms with Crippen molar-refractivity contribution in [1.29, 1.82) is 0 Å². The zero-order valence-corrected chi connectivity index (χ0v) is 19.6. The number of aryl methyl sites for hydroxylation is 1. The van der Waals surface area contributed by atoms with E-state index in [0.717, 1.165) is 73.2 Å². The highest BCUT2D eigenvalue weighted by molar-refractivity contribution is 5.72. The second-order valence-corrected chi connectivity index (χ2v) is 8.54. The highest BCUT2D eigenvalue weighted by atomic mass is 16.5. The molecule has 2 saturated heterocycles. The fourth-order valence-electron chi connectivity index (χ4n) is 4.07. The van der Waals surface area contributed by atoms with Gasteiger partial charge in [-0.1, -0.05) is 0 Å². The Labute approximate surface area is 199 Å². The van der Waals surface area contributed by atoms with Crippen LogP contribution in [0.4, 0.5) is 17.5 Å². The summed E-state index contributed by atoms with van der Waals surface area (Å²) >= 11 is 0. The van der Waals surface area contributed by atoms with Crippen molar-refractivity contribution in [1.82, 2.24) is 30.2 Å². The summed E-state index contributed by atoms with van der Waals surface area (Å²) in [4.78, 5) is 25.1. The number of rotatable bonds is 6. The van der Waals surface area contributed by atoms with Crippen LogP contribution in [-0.2, 0) is 4.74 Å². The van der Waals surface area contributed by atoms with Gasteiger partial charge in [-0.05, 0) is 45.8 Å². The summed E-state index contributed by atoms with van der Waals surface area (Å²) < 4.78 is 11.5. The van der Waals surface area contributed by atoms with Crippen LogP contribution < -0.4 is 20.3 Å². The summed E-state index contributed by atoms with van der Waals surface area (Å²) in [6.45, 7) is 8.65. The quantitative estimate of drug-likeness (QED) is 0.567. The molecule has 0 saturated carbocycles. The van der Waals surface area contributed by atoms with Crippen LogP contribution in [0.5, 0.6) is 5.88 Å². The minimum absolute atomic E-state index is 0.215. The van der Waals surface area contributed by atoms with Gasteiger partial charge in [-0.3, -0.25) is 0 Å². The van der Waals surface area contributed by atoms with Crippen LogP contribution in [0.2, 0.25) is 0 Å². The number of hydrogen-bond donors (Lipinski definition) is 2. The van der Waals surface area contributed by atoms with E-state index in [1.807, 2.05) is 26.0 Å².